The molecule has 0 bridgehead atoms. The summed E-state index contributed by atoms with van der Waals surface area (Å²) in [6.07, 6.45) is -3.20. The molecule has 0 saturated carbocycles. The number of aryl methyl sites for hydroxylation is 1. The molecular weight excluding hydrogens is 347 g/mol. The topological polar surface area (TPSA) is 87.2 Å². The molecular formula is C18H18F3N3O2. The zero-order valence-corrected chi connectivity index (χ0v) is 14.1. The number of halogens is 3. The molecule has 4 N–H and O–H groups in total. The standard InChI is InChI=1S/C18H18F3N3O2/c1-2-3-10-8-12-14(6-5-13(22)16(12)18(19,20)21)24(10)9-11-4-7-15(26-11)17(23)25/h4-8H,2-3,9,22H2,1H3,(H2,23,25). The number of furan rings is 1. The molecule has 26 heavy (non-hydrogen) atoms. The van der Waals surface area contributed by atoms with Gasteiger partial charge in [0.15, 0.2) is 5.76 Å². The number of carbonyl (C=O) groups excluding carboxylic acids is 1. The number of amides is 1. The van der Waals surface area contributed by atoms with Gasteiger partial charge in [-0.25, -0.2) is 0 Å². The van der Waals surface area contributed by atoms with Crippen LogP contribution in [0.1, 0.15) is 40.9 Å². The molecule has 1 amide bonds. The molecule has 0 radical (unpaired) electrons. The summed E-state index contributed by atoms with van der Waals surface area (Å²) in [7, 11) is 0. The van der Waals surface area contributed by atoms with Gasteiger partial charge in [-0.1, -0.05) is 13.3 Å². The number of rotatable bonds is 5. The molecule has 3 aromatic rings. The molecule has 0 fully saturated rings. The van der Waals surface area contributed by atoms with E-state index in [1.165, 1.54) is 18.2 Å². The number of carbonyl (C=O) groups is 1. The summed E-state index contributed by atoms with van der Waals surface area (Å²) >= 11 is 0. The summed E-state index contributed by atoms with van der Waals surface area (Å²) in [6.45, 7) is 2.13. The van der Waals surface area contributed by atoms with Gasteiger partial charge in [0.1, 0.15) is 5.76 Å². The Bertz CT molecular complexity index is 970. The number of benzene rings is 1. The summed E-state index contributed by atoms with van der Waals surface area (Å²) in [5, 5.41) is 0.0580. The minimum absolute atomic E-state index is 0.00808. The third kappa shape index (κ3) is 3.14. The lowest BCUT2D eigenvalue weighted by Crippen LogP contribution is -2.10. The quantitative estimate of drug-likeness (QED) is 0.672. The van der Waals surface area contributed by atoms with Crippen LogP contribution in [0.2, 0.25) is 0 Å². The number of hydrogen-bond acceptors (Lipinski definition) is 3. The van der Waals surface area contributed by atoms with Crippen molar-refractivity contribution in [3.05, 3.63) is 53.1 Å². The molecule has 0 unspecified atom stereocenters. The largest absolute Gasteiger partial charge is 0.454 e. The number of aromatic nitrogens is 1. The van der Waals surface area contributed by atoms with Gasteiger partial charge in [-0.2, -0.15) is 13.2 Å². The predicted octanol–water partition coefficient (Wildman–Crippen LogP) is 3.94. The Labute approximate surface area is 147 Å². The first kappa shape index (κ1) is 17.9. The lowest BCUT2D eigenvalue weighted by atomic mass is 10.1. The van der Waals surface area contributed by atoms with Crippen LogP contribution in [-0.2, 0) is 19.1 Å². The fourth-order valence-corrected chi connectivity index (χ4v) is 3.12. The van der Waals surface area contributed by atoms with E-state index in [0.717, 1.165) is 12.1 Å². The first-order valence-electron chi connectivity index (χ1n) is 8.08. The number of primary amides is 1. The first-order valence-corrected chi connectivity index (χ1v) is 8.08. The van der Waals surface area contributed by atoms with Crippen molar-refractivity contribution in [3.8, 4) is 0 Å². The van der Waals surface area contributed by atoms with Crippen molar-refractivity contribution in [3.63, 3.8) is 0 Å². The molecule has 2 aromatic heterocycles. The van der Waals surface area contributed by atoms with E-state index in [1.54, 1.807) is 16.7 Å². The van der Waals surface area contributed by atoms with Crippen LogP contribution >= 0.6 is 0 Å². The van der Waals surface area contributed by atoms with Crippen LogP contribution in [0.3, 0.4) is 0 Å². The van der Waals surface area contributed by atoms with Crippen LogP contribution in [0, 0.1) is 0 Å². The second-order valence-corrected chi connectivity index (χ2v) is 6.06. The first-order chi connectivity index (χ1) is 12.2. The van der Waals surface area contributed by atoms with Gasteiger partial charge in [0, 0.05) is 22.3 Å². The van der Waals surface area contributed by atoms with Crippen molar-refractivity contribution in [1.29, 1.82) is 0 Å². The highest BCUT2D eigenvalue weighted by molar-refractivity contribution is 5.90. The maximum absolute atomic E-state index is 13.5. The number of fused-ring (bicyclic) bond motifs is 1. The molecule has 3 rings (SSSR count). The van der Waals surface area contributed by atoms with E-state index < -0.39 is 17.6 Å². The van der Waals surface area contributed by atoms with E-state index in [2.05, 4.69) is 0 Å². The Morgan fingerprint density at radius 1 is 1.23 bits per heavy atom. The molecule has 0 aliphatic rings. The van der Waals surface area contributed by atoms with Gasteiger partial charge in [0.05, 0.1) is 12.1 Å². The highest BCUT2D eigenvalue weighted by Gasteiger charge is 2.36. The summed E-state index contributed by atoms with van der Waals surface area (Å²) < 4.78 is 47.5. The number of nitrogen functional groups attached to an aromatic ring is 1. The lowest BCUT2D eigenvalue weighted by Gasteiger charge is -2.12. The van der Waals surface area contributed by atoms with E-state index in [-0.39, 0.29) is 23.4 Å². The van der Waals surface area contributed by atoms with Crippen molar-refractivity contribution in [2.24, 2.45) is 5.73 Å². The molecule has 8 heteroatoms. The number of nitrogens with zero attached hydrogens (tertiary/aromatic N) is 1. The van der Waals surface area contributed by atoms with Crippen LogP contribution in [0.5, 0.6) is 0 Å². The zero-order valence-electron chi connectivity index (χ0n) is 14.1. The molecule has 0 aliphatic heterocycles. The Balaban J connectivity index is 2.16. The van der Waals surface area contributed by atoms with E-state index in [1.807, 2.05) is 6.92 Å². The monoisotopic (exact) mass is 365 g/mol. The Kier molecular flexibility index (Phi) is 4.43. The number of alkyl halides is 3. The summed E-state index contributed by atoms with van der Waals surface area (Å²) in [6, 6.07) is 7.38. The summed E-state index contributed by atoms with van der Waals surface area (Å²) in [5.74, 6) is -0.262. The van der Waals surface area contributed by atoms with Gasteiger partial charge in [-0.05, 0) is 36.8 Å². The second-order valence-electron chi connectivity index (χ2n) is 6.06. The van der Waals surface area contributed by atoms with Crippen LogP contribution in [0.15, 0.2) is 34.7 Å². The van der Waals surface area contributed by atoms with Crippen molar-refractivity contribution < 1.29 is 22.4 Å². The number of hydrogen-bond donors (Lipinski definition) is 2. The van der Waals surface area contributed by atoms with Crippen LogP contribution in [0.4, 0.5) is 18.9 Å². The molecule has 138 valence electrons. The zero-order chi connectivity index (χ0) is 19.1. The lowest BCUT2D eigenvalue weighted by molar-refractivity contribution is -0.135. The smallest absolute Gasteiger partial charge is 0.419 e. The average Bonchev–Trinajstić information content (AvgIpc) is 3.12. The third-order valence-electron chi connectivity index (χ3n) is 4.21. The highest BCUT2D eigenvalue weighted by atomic mass is 19.4. The molecule has 0 aliphatic carbocycles. The Morgan fingerprint density at radius 3 is 2.54 bits per heavy atom. The van der Waals surface area contributed by atoms with Crippen molar-refractivity contribution >= 4 is 22.5 Å². The van der Waals surface area contributed by atoms with E-state index in [0.29, 0.717) is 17.7 Å². The summed E-state index contributed by atoms with van der Waals surface area (Å²) in [4.78, 5) is 11.2. The third-order valence-corrected chi connectivity index (χ3v) is 4.21. The average molecular weight is 365 g/mol. The fourth-order valence-electron chi connectivity index (χ4n) is 3.12. The van der Waals surface area contributed by atoms with Gasteiger partial charge < -0.3 is 20.5 Å². The van der Waals surface area contributed by atoms with Gasteiger partial charge in [-0.15, -0.1) is 0 Å². The van der Waals surface area contributed by atoms with Crippen LogP contribution in [-0.4, -0.2) is 10.5 Å². The molecule has 0 atom stereocenters. The second kappa shape index (κ2) is 6.44. The maximum atomic E-state index is 13.5. The van der Waals surface area contributed by atoms with E-state index >= 15 is 0 Å². The number of nitrogens with two attached hydrogens (primary N) is 2. The molecule has 2 heterocycles. The van der Waals surface area contributed by atoms with Crippen molar-refractivity contribution in [1.82, 2.24) is 4.57 Å². The van der Waals surface area contributed by atoms with Gasteiger partial charge in [-0.3, -0.25) is 4.79 Å². The van der Waals surface area contributed by atoms with E-state index in [9.17, 15) is 18.0 Å². The minimum atomic E-state index is -4.55. The van der Waals surface area contributed by atoms with Crippen molar-refractivity contribution in [2.45, 2.75) is 32.5 Å². The van der Waals surface area contributed by atoms with E-state index in [4.69, 9.17) is 15.9 Å². The van der Waals surface area contributed by atoms with Crippen molar-refractivity contribution in [2.75, 3.05) is 5.73 Å². The van der Waals surface area contributed by atoms with Gasteiger partial charge in [0.2, 0.25) is 0 Å². The van der Waals surface area contributed by atoms with Gasteiger partial charge in [0.25, 0.3) is 5.91 Å². The summed E-state index contributed by atoms with van der Waals surface area (Å²) in [5.41, 5.74) is 10.8. The molecule has 1 aromatic carbocycles. The van der Waals surface area contributed by atoms with Crippen LogP contribution in [0.25, 0.3) is 10.9 Å². The minimum Gasteiger partial charge on any atom is -0.454 e. The highest BCUT2D eigenvalue weighted by Crippen LogP contribution is 2.40. The number of anilines is 1. The molecule has 0 saturated heterocycles. The fraction of sp³-hybridized carbons (Fsp3) is 0.278. The molecule has 5 nitrogen and oxygen atoms in total. The molecule has 0 spiro atoms. The maximum Gasteiger partial charge on any atom is 0.419 e. The Morgan fingerprint density at radius 2 is 1.96 bits per heavy atom. The predicted molar refractivity (Wildman–Crippen MR) is 91.7 cm³/mol. The van der Waals surface area contributed by atoms with Crippen LogP contribution < -0.4 is 11.5 Å². The SMILES string of the molecule is CCCc1cc2c(C(F)(F)F)c(N)ccc2n1Cc1ccc(C(N)=O)o1. The normalized spacial score (nSPS) is 12.0. The van der Waals surface area contributed by atoms with Gasteiger partial charge >= 0.3 is 6.18 Å². The Hall–Kier alpha value is -2.90.